The average molecular weight is 455 g/mol. The van der Waals surface area contributed by atoms with Gasteiger partial charge in [-0.1, -0.05) is 37.7 Å². The topological polar surface area (TPSA) is 106 Å². The van der Waals surface area contributed by atoms with E-state index >= 15 is 0 Å². The first-order valence-electron chi connectivity index (χ1n) is 10.2. The van der Waals surface area contributed by atoms with Gasteiger partial charge in [0.05, 0.1) is 11.3 Å². The number of carboxylic acids is 1. The summed E-state index contributed by atoms with van der Waals surface area (Å²) < 4.78 is 7.82. The molecule has 3 aromatic rings. The molecule has 168 valence electrons. The molecule has 2 N–H and O–H groups in total. The van der Waals surface area contributed by atoms with Crippen molar-refractivity contribution in [2.75, 3.05) is 11.1 Å². The molecule has 8 nitrogen and oxygen atoms in total. The summed E-state index contributed by atoms with van der Waals surface area (Å²) in [5.74, 6) is 0.775. The fourth-order valence-electron chi connectivity index (χ4n) is 3.02. The Labute approximate surface area is 191 Å². The van der Waals surface area contributed by atoms with Crippen molar-refractivity contribution in [2.45, 2.75) is 37.9 Å². The molecule has 0 radical (unpaired) electrons. The predicted octanol–water partition coefficient (Wildman–Crippen LogP) is 4.51. The number of anilines is 1. The number of rotatable bonds is 9. The fraction of sp³-hybridized carbons (Fsp3) is 0.304. The standard InChI is InChI=1S/C23H26N4O4S/c1-14(2)16-7-11-19(12-8-16)31-15(3)21-25-26-23(27(21)4)32-13-20(28)24-18-9-5-17(6-10-18)22(29)30/h5-12,14-15H,13H2,1-4H3,(H,24,28)(H,29,30). The lowest BCUT2D eigenvalue weighted by Crippen LogP contribution is -2.15. The van der Waals surface area contributed by atoms with E-state index in [4.69, 9.17) is 9.84 Å². The SMILES string of the molecule is CC(C)c1ccc(OC(C)c2nnc(SCC(=O)Nc3ccc(C(=O)O)cc3)n2C)cc1. The van der Waals surface area contributed by atoms with Gasteiger partial charge >= 0.3 is 5.97 Å². The third kappa shape index (κ3) is 5.88. The van der Waals surface area contributed by atoms with Crippen molar-refractivity contribution in [3.8, 4) is 5.75 Å². The number of thioether (sulfide) groups is 1. The molecule has 0 spiro atoms. The van der Waals surface area contributed by atoms with Gasteiger partial charge in [0, 0.05) is 12.7 Å². The van der Waals surface area contributed by atoms with Gasteiger partial charge in [-0.25, -0.2) is 4.79 Å². The van der Waals surface area contributed by atoms with Gasteiger partial charge in [-0.2, -0.15) is 0 Å². The van der Waals surface area contributed by atoms with E-state index in [1.807, 2.05) is 30.7 Å². The zero-order valence-corrected chi connectivity index (χ0v) is 19.2. The Morgan fingerprint density at radius 1 is 1.06 bits per heavy atom. The molecular weight excluding hydrogens is 428 g/mol. The molecule has 0 saturated heterocycles. The van der Waals surface area contributed by atoms with Crippen LogP contribution < -0.4 is 10.1 Å². The van der Waals surface area contributed by atoms with E-state index < -0.39 is 5.97 Å². The van der Waals surface area contributed by atoms with Crippen molar-refractivity contribution in [2.24, 2.45) is 7.05 Å². The molecular formula is C23H26N4O4S. The lowest BCUT2D eigenvalue weighted by atomic mass is 10.0. The van der Waals surface area contributed by atoms with Crippen molar-refractivity contribution in [1.29, 1.82) is 0 Å². The van der Waals surface area contributed by atoms with E-state index in [-0.39, 0.29) is 23.3 Å². The van der Waals surface area contributed by atoms with Crippen LogP contribution in [0.5, 0.6) is 5.75 Å². The van der Waals surface area contributed by atoms with Crippen molar-refractivity contribution in [3.05, 3.63) is 65.5 Å². The van der Waals surface area contributed by atoms with Crippen LogP contribution in [-0.4, -0.2) is 37.5 Å². The summed E-state index contributed by atoms with van der Waals surface area (Å²) in [6, 6.07) is 14.0. The smallest absolute Gasteiger partial charge is 0.335 e. The number of benzene rings is 2. The van der Waals surface area contributed by atoms with Crippen LogP contribution in [0.4, 0.5) is 5.69 Å². The zero-order valence-electron chi connectivity index (χ0n) is 18.4. The molecule has 1 atom stereocenters. The second-order valence-electron chi connectivity index (χ2n) is 7.60. The Morgan fingerprint density at radius 2 is 1.72 bits per heavy atom. The summed E-state index contributed by atoms with van der Waals surface area (Å²) in [6.45, 7) is 6.20. The number of aromatic carboxylic acids is 1. The number of carbonyl (C=O) groups is 2. The lowest BCUT2D eigenvalue weighted by molar-refractivity contribution is -0.113. The van der Waals surface area contributed by atoms with Gasteiger partial charge in [0.25, 0.3) is 0 Å². The Morgan fingerprint density at radius 3 is 2.31 bits per heavy atom. The molecule has 0 fully saturated rings. The van der Waals surface area contributed by atoms with Gasteiger partial charge in [-0.3, -0.25) is 4.79 Å². The summed E-state index contributed by atoms with van der Waals surface area (Å²) >= 11 is 1.26. The van der Waals surface area contributed by atoms with Crippen LogP contribution in [0, 0.1) is 0 Å². The minimum Gasteiger partial charge on any atom is -0.483 e. The van der Waals surface area contributed by atoms with E-state index in [0.717, 1.165) is 5.75 Å². The summed E-state index contributed by atoms with van der Waals surface area (Å²) in [7, 11) is 1.84. The minimum atomic E-state index is -1.01. The van der Waals surface area contributed by atoms with Crippen LogP contribution in [-0.2, 0) is 11.8 Å². The molecule has 3 rings (SSSR count). The third-order valence-electron chi connectivity index (χ3n) is 4.84. The minimum absolute atomic E-state index is 0.137. The third-order valence-corrected chi connectivity index (χ3v) is 5.86. The maximum absolute atomic E-state index is 12.2. The van der Waals surface area contributed by atoms with Crippen LogP contribution in [0.3, 0.4) is 0 Å². The van der Waals surface area contributed by atoms with Crippen LogP contribution in [0.1, 0.15) is 54.5 Å². The van der Waals surface area contributed by atoms with Gasteiger partial charge in [-0.15, -0.1) is 10.2 Å². The largest absolute Gasteiger partial charge is 0.483 e. The maximum Gasteiger partial charge on any atom is 0.335 e. The molecule has 1 aromatic heterocycles. The molecule has 1 heterocycles. The van der Waals surface area contributed by atoms with Crippen molar-refractivity contribution < 1.29 is 19.4 Å². The molecule has 2 aromatic carbocycles. The molecule has 0 aliphatic rings. The molecule has 1 amide bonds. The predicted molar refractivity (Wildman–Crippen MR) is 123 cm³/mol. The van der Waals surface area contributed by atoms with Gasteiger partial charge in [0.1, 0.15) is 5.75 Å². The number of aromatic nitrogens is 3. The highest BCUT2D eigenvalue weighted by Gasteiger charge is 2.18. The highest BCUT2D eigenvalue weighted by atomic mass is 32.2. The second kappa shape index (κ2) is 10.3. The molecule has 1 unspecified atom stereocenters. The van der Waals surface area contributed by atoms with E-state index in [1.165, 1.54) is 29.5 Å². The number of nitrogens with zero attached hydrogens (tertiary/aromatic N) is 3. The van der Waals surface area contributed by atoms with Crippen LogP contribution in [0.25, 0.3) is 0 Å². The summed E-state index contributed by atoms with van der Waals surface area (Å²) in [5.41, 5.74) is 1.94. The maximum atomic E-state index is 12.2. The number of carboxylic acid groups (broad SMARTS) is 1. The summed E-state index contributed by atoms with van der Waals surface area (Å²) in [6.07, 6.45) is -0.312. The summed E-state index contributed by atoms with van der Waals surface area (Å²) in [5, 5.41) is 20.7. The van der Waals surface area contributed by atoms with Crippen molar-refractivity contribution >= 4 is 29.3 Å². The van der Waals surface area contributed by atoms with E-state index in [0.29, 0.717) is 22.6 Å². The Bertz CT molecular complexity index is 1080. The van der Waals surface area contributed by atoms with Crippen LogP contribution in [0.2, 0.25) is 0 Å². The lowest BCUT2D eigenvalue weighted by Gasteiger charge is -2.15. The first-order valence-corrected chi connectivity index (χ1v) is 11.1. The molecule has 0 aliphatic carbocycles. The highest BCUT2D eigenvalue weighted by molar-refractivity contribution is 7.99. The van der Waals surface area contributed by atoms with Crippen molar-refractivity contribution in [1.82, 2.24) is 14.8 Å². The van der Waals surface area contributed by atoms with Gasteiger partial charge in [0.2, 0.25) is 5.91 Å². The van der Waals surface area contributed by atoms with Gasteiger partial charge in [-0.05, 0) is 54.8 Å². The van der Waals surface area contributed by atoms with E-state index in [1.54, 1.807) is 12.1 Å². The first-order chi connectivity index (χ1) is 15.2. The van der Waals surface area contributed by atoms with Gasteiger partial charge in [0.15, 0.2) is 17.1 Å². The zero-order chi connectivity index (χ0) is 23.3. The van der Waals surface area contributed by atoms with Gasteiger partial charge < -0.3 is 19.7 Å². The highest BCUT2D eigenvalue weighted by Crippen LogP contribution is 2.25. The Hall–Kier alpha value is -3.33. The number of amides is 1. The number of carbonyl (C=O) groups excluding carboxylic acids is 1. The first kappa shape index (κ1) is 23.3. The number of ether oxygens (including phenoxy) is 1. The molecule has 32 heavy (non-hydrogen) atoms. The summed E-state index contributed by atoms with van der Waals surface area (Å²) in [4.78, 5) is 23.1. The normalized spacial score (nSPS) is 11.9. The number of hydrogen-bond donors (Lipinski definition) is 2. The second-order valence-corrected chi connectivity index (χ2v) is 8.55. The molecule has 0 aliphatic heterocycles. The quantitative estimate of drug-likeness (QED) is 0.458. The van der Waals surface area contributed by atoms with E-state index in [2.05, 4.69) is 41.5 Å². The molecule has 9 heteroatoms. The average Bonchev–Trinajstić information content (AvgIpc) is 3.13. The van der Waals surface area contributed by atoms with E-state index in [9.17, 15) is 9.59 Å². The number of hydrogen-bond acceptors (Lipinski definition) is 6. The number of nitrogens with one attached hydrogen (secondary N) is 1. The Kier molecular flexibility index (Phi) is 7.53. The fourth-order valence-corrected chi connectivity index (χ4v) is 3.74. The Balaban J connectivity index is 1.55. The molecule has 0 bridgehead atoms. The molecule has 0 saturated carbocycles. The monoisotopic (exact) mass is 454 g/mol. The van der Waals surface area contributed by atoms with Crippen LogP contribution >= 0.6 is 11.8 Å². The van der Waals surface area contributed by atoms with Crippen LogP contribution in [0.15, 0.2) is 53.7 Å². The van der Waals surface area contributed by atoms with Crippen molar-refractivity contribution in [3.63, 3.8) is 0 Å².